The Bertz CT molecular complexity index is 1150. The molecule has 1 aromatic heterocycles. The Balaban J connectivity index is 1.47. The Morgan fingerprint density at radius 2 is 2.00 bits per heavy atom. The maximum atomic E-state index is 11.8. The summed E-state index contributed by atoms with van der Waals surface area (Å²) in [6.45, 7) is 5.97. The molecule has 2 aromatic carbocycles. The van der Waals surface area contributed by atoms with Crippen molar-refractivity contribution >= 4 is 32.2 Å². The summed E-state index contributed by atoms with van der Waals surface area (Å²) in [7, 11) is 0. The summed E-state index contributed by atoms with van der Waals surface area (Å²) in [5.74, 6) is 2.11. The predicted octanol–water partition coefficient (Wildman–Crippen LogP) is 4.88. The van der Waals surface area contributed by atoms with Crippen molar-refractivity contribution in [3.8, 4) is 28.8 Å². The molecule has 8 heteroatoms. The van der Waals surface area contributed by atoms with Gasteiger partial charge in [0.15, 0.2) is 6.61 Å². The van der Waals surface area contributed by atoms with Crippen LogP contribution in [0.5, 0.6) is 17.4 Å². The normalized spacial score (nSPS) is 13.2. The first-order valence-electron chi connectivity index (χ1n) is 10.4. The first kappa shape index (κ1) is 22.2. The molecule has 0 atom stereocenters. The first-order chi connectivity index (χ1) is 15.5. The molecule has 0 radical (unpaired) electrons. The number of carbonyl (C=O) groups excluding carboxylic acids is 1. The summed E-state index contributed by atoms with van der Waals surface area (Å²) < 4.78 is 18.8. The molecule has 2 heterocycles. The molecular weight excluding hydrogens is 519 g/mol. The van der Waals surface area contributed by atoms with Crippen molar-refractivity contribution in [1.29, 1.82) is 0 Å². The molecule has 0 saturated carbocycles. The molecule has 1 amide bonds. The van der Waals surface area contributed by atoms with Gasteiger partial charge in [0.2, 0.25) is 0 Å². The Morgan fingerprint density at radius 3 is 2.81 bits per heavy atom. The zero-order valence-electron chi connectivity index (χ0n) is 18.2. The number of nitrogens with zero attached hydrogens (tertiary/aromatic N) is 3. The molecule has 0 bridgehead atoms. The van der Waals surface area contributed by atoms with E-state index in [1.165, 1.54) is 3.57 Å². The minimum absolute atomic E-state index is 0.0462. The standard InChI is InChI=1S/C24H25IN4O3/c1-4-25-21-9-8-20(13-18(21)14-27-25)32-23-10-11-26-24(29-23)17-6-5-7-19(12-17)31-15-22(30)28-16(2)3/h5-14,16H,4,15H2,1-3H3,(H,28,30). The van der Waals surface area contributed by atoms with E-state index < -0.39 is 20.1 Å². The number of aromatic nitrogens is 2. The number of alkyl halides is 1. The van der Waals surface area contributed by atoms with E-state index >= 15 is 0 Å². The zero-order valence-corrected chi connectivity index (χ0v) is 20.4. The van der Waals surface area contributed by atoms with Gasteiger partial charge in [-0.1, -0.05) is 0 Å². The van der Waals surface area contributed by atoms with Crippen LogP contribution in [-0.4, -0.2) is 39.2 Å². The number of carbonyl (C=O) groups is 1. The number of hydrogen-bond donors (Lipinski definition) is 1. The molecule has 1 aliphatic heterocycles. The van der Waals surface area contributed by atoms with Crippen molar-refractivity contribution in [3.63, 3.8) is 0 Å². The molecule has 1 aliphatic rings. The van der Waals surface area contributed by atoms with E-state index in [-0.39, 0.29) is 18.6 Å². The van der Waals surface area contributed by atoms with Gasteiger partial charge in [0.25, 0.3) is 5.91 Å². The van der Waals surface area contributed by atoms with Crippen molar-refractivity contribution in [2.24, 2.45) is 3.21 Å². The minimum atomic E-state index is -1.37. The van der Waals surface area contributed by atoms with Crippen LogP contribution in [0.3, 0.4) is 0 Å². The molecule has 0 aliphatic carbocycles. The third-order valence-electron chi connectivity index (χ3n) is 4.53. The summed E-state index contributed by atoms with van der Waals surface area (Å²) in [4.78, 5) is 20.7. The van der Waals surface area contributed by atoms with Gasteiger partial charge in [0.05, 0.1) is 0 Å². The Hall–Kier alpha value is -3.01. The van der Waals surface area contributed by atoms with Gasteiger partial charge >= 0.3 is 153 Å². The van der Waals surface area contributed by atoms with Crippen molar-refractivity contribution < 1.29 is 14.3 Å². The van der Waals surface area contributed by atoms with Crippen molar-refractivity contribution in [2.75, 3.05) is 11.0 Å². The number of halogens is 1. The maximum absolute atomic E-state index is 11.8. The third-order valence-corrected chi connectivity index (χ3v) is 9.25. The summed E-state index contributed by atoms with van der Waals surface area (Å²) in [6, 6.07) is 15.3. The van der Waals surface area contributed by atoms with Crippen LogP contribution in [-0.2, 0) is 4.79 Å². The van der Waals surface area contributed by atoms with Gasteiger partial charge < -0.3 is 5.32 Å². The Kier molecular flexibility index (Phi) is 6.99. The molecule has 0 spiro atoms. The second-order valence-electron chi connectivity index (χ2n) is 7.37. The molecule has 1 N–H and O–H groups in total. The van der Waals surface area contributed by atoms with Crippen LogP contribution in [0.1, 0.15) is 26.3 Å². The van der Waals surface area contributed by atoms with Gasteiger partial charge in [0.1, 0.15) is 0 Å². The molecular formula is C24H25IN4O3. The van der Waals surface area contributed by atoms with E-state index in [0.29, 0.717) is 17.5 Å². The molecule has 4 rings (SSSR count). The third kappa shape index (κ3) is 5.42. The average molecular weight is 544 g/mol. The van der Waals surface area contributed by atoms with E-state index in [4.69, 9.17) is 9.47 Å². The van der Waals surface area contributed by atoms with E-state index in [0.717, 1.165) is 21.3 Å². The van der Waals surface area contributed by atoms with Crippen LogP contribution in [0, 0.1) is 3.57 Å². The van der Waals surface area contributed by atoms with E-state index in [2.05, 4.69) is 31.5 Å². The molecule has 0 unspecified atom stereocenters. The van der Waals surface area contributed by atoms with Gasteiger partial charge in [-0.2, -0.15) is 0 Å². The summed E-state index contributed by atoms with van der Waals surface area (Å²) in [6.07, 6.45) is 3.63. The fourth-order valence-corrected chi connectivity index (χ4v) is 6.92. The zero-order chi connectivity index (χ0) is 22.5. The second-order valence-corrected chi connectivity index (χ2v) is 12.5. The quantitative estimate of drug-likeness (QED) is 0.323. The SMILES string of the molecule is CCI1N=Cc2cc(Oc3ccnc(-c4cccc(OCC(=O)NC(C)C)c4)n3)ccc21. The number of benzene rings is 2. The predicted molar refractivity (Wildman–Crippen MR) is 134 cm³/mol. The van der Waals surface area contributed by atoms with Gasteiger partial charge in [-0.15, -0.1) is 0 Å². The molecule has 32 heavy (non-hydrogen) atoms. The number of nitrogens with one attached hydrogen (secondary N) is 1. The van der Waals surface area contributed by atoms with Crippen LogP contribution in [0.4, 0.5) is 0 Å². The molecule has 0 fully saturated rings. The van der Waals surface area contributed by atoms with Crippen molar-refractivity contribution in [2.45, 2.75) is 26.8 Å². The second kappa shape index (κ2) is 10.1. The number of amides is 1. The van der Waals surface area contributed by atoms with Crippen LogP contribution in [0.2, 0.25) is 0 Å². The molecule has 0 saturated heterocycles. The number of hydrogen-bond acceptors (Lipinski definition) is 6. The molecule has 166 valence electrons. The summed E-state index contributed by atoms with van der Waals surface area (Å²) >= 11 is -1.37. The fraction of sp³-hybridized carbons (Fsp3) is 0.250. The van der Waals surface area contributed by atoms with Crippen molar-refractivity contribution in [1.82, 2.24) is 15.3 Å². The number of rotatable bonds is 8. The number of ether oxygens (including phenoxy) is 2. The Labute approximate surface area is 195 Å². The molecule has 7 nitrogen and oxygen atoms in total. The molecule has 3 aromatic rings. The van der Waals surface area contributed by atoms with E-state index in [9.17, 15) is 4.79 Å². The van der Waals surface area contributed by atoms with E-state index in [1.54, 1.807) is 18.3 Å². The van der Waals surface area contributed by atoms with Gasteiger partial charge in [-0.25, -0.2) is 0 Å². The fourth-order valence-electron chi connectivity index (χ4n) is 3.16. The summed E-state index contributed by atoms with van der Waals surface area (Å²) in [5.41, 5.74) is 1.92. The topological polar surface area (TPSA) is 85.7 Å². The van der Waals surface area contributed by atoms with Crippen LogP contribution >= 0.6 is 20.1 Å². The number of fused-ring (bicyclic) bond motifs is 1. The van der Waals surface area contributed by atoms with Crippen LogP contribution < -0.4 is 14.8 Å². The monoisotopic (exact) mass is 544 g/mol. The van der Waals surface area contributed by atoms with E-state index in [1.807, 2.05) is 50.4 Å². The average Bonchev–Trinajstić information content (AvgIpc) is 3.20. The first-order valence-corrected chi connectivity index (χ1v) is 14.0. The van der Waals surface area contributed by atoms with Gasteiger partial charge in [-0.3, -0.25) is 4.79 Å². The van der Waals surface area contributed by atoms with Crippen molar-refractivity contribution in [3.05, 3.63) is 63.9 Å². The Morgan fingerprint density at radius 1 is 1.12 bits per heavy atom. The van der Waals surface area contributed by atoms with Gasteiger partial charge in [-0.05, 0) is 13.8 Å². The summed E-state index contributed by atoms with van der Waals surface area (Å²) in [5, 5.41) is 2.80. The van der Waals surface area contributed by atoms with Crippen LogP contribution in [0.25, 0.3) is 11.4 Å². The van der Waals surface area contributed by atoms with Gasteiger partial charge in [0, 0.05) is 6.04 Å². The van der Waals surface area contributed by atoms with Crippen LogP contribution in [0.15, 0.2) is 57.9 Å².